The summed E-state index contributed by atoms with van der Waals surface area (Å²) in [4.78, 5) is 17.2. The molecule has 118 valence electrons. The van der Waals surface area contributed by atoms with Gasteiger partial charge in [0.15, 0.2) is 5.78 Å². The fourth-order valence-electron chi connectivity index (χ4n) is 2.42. The summed E-state index contributed by atoms with van der Waals surface area (Å²) in [5.41, 5.74) is 3.38. The summed E-state index contributed by atoms with van der Waals surface area (Å²) < 4.78 is 0. The Balaban J connectivity index is 2.00. The second kappa shape index (κ2) is 6.92. The molecule has 24 heavy (non-hydrogen) atoms. The molecule has 0 aromatic heterocycles. The van der Waals surface area contributed by atoms with Crippen LogP contribution in [-0.2, 0) is 0 Å². The molecule has 3 nitrogen and oxygen atoms in total. The number of aryl methyl sites for hydroxylation is 1. The molecule has 0 amide bonds. The van der Waals surface area contributed by atoms with Crippen molar-refractivity contribution in [3.63, 3.8) is 0 Å². The van der Waals surface area contributed by atoms with Gasteiger partial charge < -0.3 is 5.11 Å². The average molecular weight is 315 g/mol. The monoisotopic (exact) mass is 315 g/mol. The van der Waals surface area contributed by atoms with Crippen LogP contribution in [0, 0.1) is 6.92 Å². The van der Waals surface area contributed by atoms with E-state index in [1.165, 1.54) is 0 Å². The molecule has 0 radical (unpaired) electrons. The summed E-state index contributed by atoms with van der Waals surface area (Å²) in [5, 5.41) is 9.84. The zero-order valence-corrected chi connectivity index (χ0v) is 13.3. The number of benzene rings is 3. The summed E-state index contributed by atoms with van der Waals surface area (Å²) in [6.45, 7) is 1.95. The van der Waals surface area contributed by atoms with Gasteiger partial charge in [0.2, 0.25) is 0 Å². The third-order valence-corrected chi connectivity index (χ3v) is 3.71. The van der Waals surface area contributed by atoms with Crippen molar-refractivity contribution in [2.75, 3.05) is 0 Å². The van der Waals surface area contributed by atoms with Crippen LogP contribution in [0.15, 0.2) is 77.8 Å². The van der Waals surface area contributed by atoms with E-state index in [-0.39, 0.29) is 11.5 Å². The maximum Gasteiger partial charge on any atom is 0.195 e. The molecule has 0 aliphatic rings. The molecule has 0 saturated carbocycles. The Morgan fingerprint density at radius 2 is 1.67 bits per heavy atom. The summed E-state index contributed by atoms with van der Waals surface area (Å²) >= 11 is 0. The maximum absolute atomic E-state index is 12.7. The number of aliphatic imine (C=N–C) groups is 1. The van der Waals surface area contributed by atoms with Gasteiger partial charge in [-0.2, -0.15) is 0 Å². The fraction of sp³-hybridized carbons (Fsp3) is 0.0476. The van der Waals surface area contributed by atoms with E-state index in [4.69, 9.17) is 0 Å². The third kappa shape index (κ3) is 3.41. The fourth-order valence-corrected chi connectivity index (χ4v) is 2.42. The number of hydrogen-bond donors (Lipinski definition) is 1. The van der Waals surface area contributed by atoms with Crippen molar-refractivity contribution in [1.29, 1.82) is 0 Å². The Morgan fingerprint density at radius 1 is 0.958 bits per heavy atom. The topological polar surface area (TPSA) is 49.7 Å². The third-order valence-electron chi connectivity index (χ3n) is 3.71. The van der Waals surface area contributed by atoms with Crippen LogP contribution in [0.25, 0.3) is 0 Å². The van der Waals surface area contributed by atoms with Gasteiger partial charge >= 0.3 is 0 Å². The van der Waals surface area contributed by atoms with E-state index in [9.17, 15) is 9.90 Å². The molecule has 0 bridgehead atoms. The molecular formula is C21H17NO2. The predicted molar refractivity (Wildman–Crippen MR) is 96.4 cm³/mol. The van der Waals surface area contributed by atoms with E-state index in [0.29, 0.717) is 22.4 Å². The van der Waals surface area contributed by atoms with Gasteiger partial charge in [-0.1, -0.05) is 48.5 Å². The van der Waals surface area contributed by atoms with E-state index in [2.05, 4.69) is 4.99 Å². The normalized spacial score (nSPS) is 10.9. The first kappa shape index (κ1) is 15.7. The maximum atomic E-state index is 12.7. The number of ketones is 1. The second-order valence-corrected chi connectivity index (χ2v) is 5.53. The molecule has 0 aliphatic carbocycles. The van der Waals surface area contributed by atoms with Gasteiger partial charge in [-0.25, -0.2) is 0 Å². The summed E-state index contributed by atoms with van der Waals surface area (Å²) in [6.07, 6.45) is 1.58. The first-order chi connectivity index (χ1) is 11.6. The van der Waals surface area contributed by atoms with Crippen molar-refractivity contribution in [1.82, 2.24) is 0 Å². The van der Waals surface area contributed by atoms with Crippen LogP contribution >= 0.6 is 0 Å². The molecule has 0 heterocycles. The largest absolute Gasteiger partial charge is 0.507 e. The number of nitrogens with zero attached hydrogens (tertiary/aromatic N) is 1. The predicted octanol–water partition coefficient (Wildman–Crippen LogP) is 4.68. The molecule has 0 unspecified atom stereocenters. The number of para-hydroxylation sites is 1. The lowest BCUT2D eigenvalue weighted by Crippen LogP contribution is -2.01. The minimum Gasteiger partial charge on any atom is -0.507 e. The van der Waals surface area contributed by atoms with E-state index in [1.54, 1.807) is 42.6 Å². The summed E-state index contributed by atoms with van der Waals surface area (Å²) in [5.74, 6) is 0.0878. The molecule has 3 heteroatoms. The first-order valence-corrected chi connectivity index (χ1v) is 7.67. The Kier molecular flexibility index (Phi) is 4.52. The minimum atomic E-state index is -0.0694. The van der Waals surface area contributed by atoms with E-state index >= 15 is 0 Å². The molecule has 1 N–H and O–H groups in total. The molecular weight excluding hydrogens is 298 g/mol. The van der Waals surface area contributed by atoms with Crippen molar-refractivity contribution in [3.8, 4) is 5.75 Å². The number of rotatable bonds is 4. The lowest BCUT2D eigenvalue weighted by atomic mass is 10.0. The smallest absolute Gasteiger partial charge is 0.195 e. The van der Waals surface area contributed by atoms with Crippen molar-refractivity contribution >= 4 is 17.7 Å². The van der Waals surface area contributed by atoms with Crippen molar-refractivity contribution < 1.29 is 9.90 Å². The minimum absolute atomic E-state index is 0.0694. The van der Waals surface area contributed by atoms with Gasteiger partial charge in [0.25, 0.3) is 0 Å². The highest BCUT2D eigenvalue weighted by Crippen LogP contribution is 2.24. The molecule has 0 atom stereocenters. The van der Waals surface area contributed by atoms with Crippen LogP contribution < -0.4 is 0 Å². The molecule has 3 aromatic rings. The highest BCUT2D eigenvalue weighted by atomic mass is 16.3. The highest BCUT2D eigenvalue weighted by molar-refractivity contribution is 6.12. The lowest BCUT2D eigenvalue weighted by molar-refractivity contribution is 0.103. The van der Waals surface area contributed by atoms with Crippen molar-refractivity contribution in [2.24, 2.45) is 4.99 Å². The van der Waals surface area contributed by atoms with E-state index < -0.39 is 0 Å². The Morgan fingerprint density at radius 3 is 2.42 bits per heavy atom. The number of carbonyl (C=O) groups is 1. The number of hydrogen-bond acceptors (Lipinski definition) is 3. The van der Waals surface area contributed by atoms with Gasteiger partial charge in [-0.3, -0.25) is 9.79 Å². The van der Waals surface area contributed by atoms with Gasteiger partial charge in [-0.05, 0) is 36.8 Å². The van der Waals surface area contributed by atoms with Crippen LogP contribution in [0.3, 0.4) is 0 Å². The van der Waals surface area contributed by atoms with Crippen molar-refractivity contribution in [2.45, 2.75) is 6.92 Å². The molecule has 0 fully saturated rings. The van der Waals surface area contributed by atoms with E-state index in [1.807, 2.05) is 43.3 Å². The zero-order chi connectivity index (χ0) is 16.9. The van der Waals surface area contributed by atoms with Gasteiger partial charge in [0.05, 0.1) is 5.69 Å². The SMILES string of the molecule is Cc1ccc(C(=O)c2ccccc2)c(N=Cc2ccccc2O)c1. The molecule has 0 aliphatic heterocycles. The Hall–Kier alpha value is -3.20. The van der Waals surface area contributed by atoms with Crippen LogP contribution in [0.1, 0.15) is 27.0 Å². The Bertz CT molecular complexity index is 899. The van der Waals surface area contributed by atoms with Crippen LogP contribution in [0.5, 0.6) is 5.75 Å². The van der Waals surface area contributed by atoms with Crippen LogP contribution in [-0.4, -0.2) is 17.1 Å². The lowest BCUT2D eigenvalue weighted by Gasteiger charge is -2.06. The number of carbonyl (C=O) groups excluding carboxylic acids is 1. The summed E-state index contributed by atoms with van der Waals surface area (Å²) in [7, 11) is 0. The molecule has 3 aromatic carbocycles. The first-order valence-electron chi connectivity index (χ1n) is 7.67. The van der Waals surface area contributed by atoms with Gasteiger partial charge in [0.1, 0.15) is 5.75 Å². The molecule has 3 rings (SSSR count). The summed E-state index contributed by atoms with van der Waals surface area (Å²) in [6, 6.07) is 21.7. The standard InChI is InChI=1S/C21H17NO2/c1-15-11-12-18(21(24)16-7-3-2-4-8-16)19(13-15)22-14-17-9-5-6-10-20(17)23/h2-14,23H,1H3. The van der Waals surface area contributed by atoms with Crippen molar-refractivity contribution in [3.05, 3.63) is 95.1 Å². The second-order valence-electron chi connectivity index (χ2n) is 5.53. The number of phenols is 1. The number of aromatic hydroxyl groups is 1. The molecule has 0 saturated heterocycles. The van der Waals surface area contributed by atoms with Crippen LogP contribution in [0.4, 0.5) is 5.69 Å². The zero-order valence-electron chi connectivity index (χ0n) is 13.3. The Labute approximate surface area is 140 Å². The average Bonchev–Trinajstić information content (AvgIpc) is 2.61. The molecule has 0 spiro atoms. The quantitative estimate of drug-likeness (QED) is 0.561. The van der Waals surface area contributed by atoms with Gasteiger partial charge in [-0.15, -0.1) is 0 Å². The van der Waals surface area contributed by atoms with E-state index in [0.717, 1.165) is 5.56 Å². The highest BCUT2D eigenvalue weighted by Gasteiger charge is 2.13. The van der Waals surface area contributed by atoms with Gasteiger partial charge in [0, 0.05) is 22.9 Å². The number of phenolic OH excluding ortho intramolecular Hbond substituents is 1. The van der Waals surface area contributed by atoms with Crippen LogP contribution in [0.2, 0.25) is 0 Å².